The van der Waals surface area contributed by atoms with Gasteiger partial charge in [0.05, 0.1) is 22.1 Å². The number of thiophene rings is 1. The second-order valence-corrected chi connectivity index (χ2v) is 12.8. The van der Waals surface area contributed by atoms with Gasteiger partial charge in [-0.1, -0.05) is 103 Å². The van der Waals surface area contributed by atoms with Gasteiger partial charge in [0, 0.05) is 53.1 Å². The molecule has 0 fully saturated rings. The number of aromatic nitrogens is 2. The summed E-state index contributed by atoms with van der Waals surface area (Å²) in [6.07, 6.45) is 0. The lowest BCUT2D eigenvalue weighted by Crippen LogP contribution is -1.95. The molecule has 210 valence electrons. The van der Waals surface area contributed by atoms with Crippen LogP contribution in [0.1, 0.15) is 0 Å². The van der Waals surface area contributed by atoms with Gasteiger partial charge >= 0.3 is 0 Å². The fourth-order valence-corrected chi connectivity index (χ4v) is 8.52. The van der Waals surface area contributed by atoms with Gasteiger partial charge in [0.25, 0.3) is 0 Å². The van der Waals surface area contributed by atoms with Crippen LogP contribution in [0.2, 0.25) is 0 Å². The number of hydrogen-bond acceptors (Lipinski definition) is 1. The normalized spacial score (nSPS) is 12.0. The van der Waals surface area contributed by atoms with Crippen molar-refractivity contribution in [1.82, 2.24) is 9.13 Å². The minimum atomic E-state index is 1.17. The van der Waals surface area contributed by atoms with Gasteiger partial charge in [0.2, 0.25) is 0 Å². The van der Waals surface area contributed by atoms with Gasteiger partial charge in [-0.25, -0.2) is 0 Å². The topological polar surface area (TPSA) is 9.86 Å². The molecule has 10 rings (SSSR count). The molecule has 2 nitrogen and oxygen atoms in total. The van der Waals surface area contributed by atoms with E-state index in [9.17, 15) is 0 Å². The summed E-state index contributed by atoms with van der Waals surface area (Å²) in [6, 6.07) is 57.6. The van der Waals surface area contributed by atoms with Crippen LogP contribution < -0.4 is 0 Å². The van der Waals surface area contributed by atoms with E-state index in [1.807, 2.05) is 11.3 Å². The number of benzene rings is 7. The van der Waals surface area contributed by atoms with Crippen molar-refractivity contribution in [3.05, 3.63) is 158 Å². The van der Waals surface area contributed by atoms with Crippen molar-refractivity contribution in [2.75, 3.05) is 0 Å². The summed E-state index contributed by atoms with van der Waals surface area (Å²) in [4.78, 5) is 0. The quantitative estimate of drug-likeness (QED) is 0.194. The van der Waals surface area contributed by atoms with Gasteiger partial charge in [-0.3, -0.25) is 0 Å². The van der Waals surface area contributed by atoms with E-state index >= 15 is 0 Å². The van der Waals surface area contributed by atoms with Crippen molar-refractivity contribution in [3.63, 3.8) is 0 Å². The van der Waals surface area contributed by atoms with Crippen LogP contribution in [0.15, 0.2) is 158 Å². The molecular formula is C42H26N2S. The maximum Gasteiger partial charge on any atom is 0.0548 e. The van der Waals surface area contributed by atoms with Gasteiger partial charge in [0.1, 0.15) is 0 Å². The third-order valence-electron chi connectivity index (χ3n) is 9.30. The summed E-state index contributed by atoms with van der Waals surface area (Å²) in [5.41, 5.74) is 9.69. The van der Waals surface area contributed by atoms with Crippen molar-refractivity contribution in [1.29, 1.82) is 0 Å². The average molecular weight is 591 g/mol. The Morgan fingerprint density at radius 3 is 1.60 bits per heavy atom. The minimum absolute atomic E-state index is 1.17. The van der Waals surface area contributed by atoms with Crippen LogP contribution in [0.5, 0.6) is 0 Å². The monoisotopic (exact) mass is 590 g/mol. The average Bonchev–Trinajstić information content (AvgIpc) is 3.76. The van der Waals surface area contributed by atoms with Gasteiger partial charge < -0.3 is 9.13 Å². The molecule has 3 heteroatoms. The fourth-order valence-electron chi connectivity index (χ4n) is 7.38. The first kappa shape index (κ1) is 24.8. The van der Waals surface area contributed by atoms with Crippen LogP contribution >= 0.6 is 11.3 Å². The van der Waals surface area contributed by atoms with Crippen LogP contribution in [0, 0.1) is 0 Å². The summed E-state index contributed by atoms with van der Waals surface area (Å²) < 4.78 is 7.54. The molecule has 10 aromatic rings. The second kappa shape index (κ2) is 9.43. The first-order chi connectivity index (χ1) is 22.3. The van der Waals surface area contributed by atoms with Gasteiger partial charge in [0.15, 0.2) is 0 Å². The molecule has 0 unspecified atom stereocenters. The number of fused-ring (bicyclic) bond motifs is 10. The van der Waals surface area contributed by atoms with Crippen molar-refractivity contribution in [2.45, 2.75) is 0 Å². The Morgan fingerprint density at radius 2 is 0.889 bits per heavy atom. The SMILES string of the molecule is c1ccc(-c2cccc(-n3c4ccccc4c4c5c6ccccc6n(-c6ccc7c(c6)sc6ccccc67)c5ccc43)c2)cc1. The Hall–Kier alpha value is -5.64. The Balaban J connectivity index is 1.28. The molecule has 0 N–H and O–H groups in total. The molecular weight excluding hydrogens is 565 g/mol. The molecule has 0 saturated carbocycles. The molecule has 0 radical (unpaired) electrons. The van der Waals surface area contributed by atoms with Crippen molar-refractivity contribution in [2.24, 2.45) is 0 Å². The first-order valence-electron chi connectivity index (χ1n) is 15.4. The zero-order valence-corrected chi connectivity index (χ0v) is 25.1. The largest absolute Gasteiger partial charge is 0.309 e. The van der Waals surface area contributed by atoms with E-state index < -0.39 is 0 Å². The highest BCUT2D eigenvalue weighted by atomic mass is 32.1. The lowest BCUT2D eigenvalue weighted by molar-refractivity contribution is 1.17. The molecule has 0 aliphatic carbocycles. The lowest BCUT2D eigenvalue weighted by Gasteiger charge is -2.11. The van der Waals surface area contributed by atoms with E-state index in [2.05, 4.69) is 167 Å². The molecule has 7 aromatic carbocycles. The Morgan fingerprint density at radius 1 is 0.333 bits per heavy atom. The molecule has 0 atom stereocenters. The van der Waals surface area contributed by atoms with Crippen molar-refractivity contribution >= 4 is 75.1 Å². The Labute approximate surface area is 263 Å². The van der Waals surface area contributed by atoms with Gasteiger partial charge in [-0.2, -0.15) is 0 Å². The lowest BCUT2D eigenvalue weighted by atomic mass is 10.0. The third-order valence-corrected chi connectivity index (χ3v) is 10.4. The van der Waals surface area contributed by atoms with Crippen LogP contribution in [0.4, 0.5) is 0 Å². The highest BCUT2D eigenvalue weighted by Crippen LogP contribution is 2.43. The van der Waals surface area contributed by atoms with Crippen LogP contribution in [-0.2, 0) is 0 Å². The van der Waals surface area contributed by atoms with Crippen molar-refractivity contribution < 1.29 is 0 Å². The highest BCUT2D eigenvalue weighted by Gasteiger charge is 2.20. The number of hydrogen-bond donors (Lipinski definition) is 0. The van der Waals surface area contributed by atoms with Gasteiger partial charge in [-0.05, 0) is 65.7 Å². The minimum Gasteiger partial charge on any atom is -0.309 e. The van der Waals surface area contributed by atoms with E-state index in [1.54, 1.807) is 0 Å². The summed E-state index contributed by atoms with van der Waals surface area (Å²) in [5.74, 6) is 0. The summed E-state index contributed by atoms with van der Waals surface area (Å²) in [5, 5.41) is 7.79. The third kappa shape index (κ3) is 3.56. The van der Waals surface area contributed by atoms with Gasteiger partial charge in [-0.15, -0.1) is 11.3 Å². The standard InChI is InChI=1S/C42H26N2S/c1-2-11-27(12-3-1)28-13-10-14-29(25-28)43-35-18-7-4-16-33(35)41-37(43)23-24-38-42(41)34-17-5-8-19-36(34)44(38)30-21-22-32-31-15-6-9-20-39(31)45-40(32)26-30/h1-26H. The van der Waals surface area contributed by atoms with Crippen molar-refractivity contribution in [3.8, 4) is 22.5 Å². The number of nitrogens with zero attached hydrogens (tertiary/aromatic N) is 2. The zero-order valence-electron chi connectivity index (χ0n) is 24.3. The maximum atomic E-state index is 2.45. The predicted octanol–water partition coefficient (Wildman–Crippen LogP) is 11.9. The van der Waals surface area contributed by atoms with E-state index in [0.717, 1.165) is 0 Å². The van der Waals surface area contributed by atoms with Crippen LogP contribution in [0.3, 0.4) is 0 Å². The molecule has 3 aromatic heterocycles. The molecule has 0 saturated heterocycles. The van der Waals surface area contributed by atoms with E-state index in [0.29, 0.717) is 0 Å². The molecule has 3 heterocycles. The Kier molecular flexibility index (Phi) is 5.19. The molecule has 0 aliphatic rings. The highest BCUT2D eigenvalue weighted by molar-refractivity contribution is 7.25. The first-order valence-corrected chi connectivity index (χ1v) is 16.2. The number of para-hydroxylation sites is 2. The van der Waals surface area contributed by atoms with Crippen LogP contribution in [0.25, 0.3) is 86.3 Å². The Bertz CT molecular complexity index is 2760. The fraction of sp³-hybridized carbons (Fsp3) is 0. The predicted molar refractivity (Wildman–Crippen MR) is 193 cm³/mol. The summed E-state index contributed by atoms with van der Waals surface area (Å²) in [6.45, 7) is 0. The van der Waals surface area contributed by atoms with E-state index in [4.69, 9.17) is 0 Å². The number of rotatable bonds is 3. The second-order valence-electron chi connectivity index (χ2n) is 11.8. The molecule has 0 amide bonds. The molecule has 0 bridgehead atoms. The molecule has 0 aliphatic heterocycles. The summed E-state index contributed by atoms with van der Waals surface area (Å²) in [7, 11) is 0. The molecule has 45 heavy (non-hydrogen) atoms. The summed E-state index contributed by atoms with van der Waals surface area (Å²) >= 11 is 1.87. The zero-order chi connectivity index (χ0) is 29.5. The van der Waals surface area contributed by atoms with E-state index in [1.165, 1.54) is 86.3 Å². The molecule has 0 spiro atoms. The smallest absolute Gasteiger partial charge is 0.0548 e. The maximum absolute atomic E-state index is 2.45. The van der Waals surface area contributed by atoms with Crippen LogP contribution in [-0.4, -0.2) is 9.13 Å². The van der Waals surface area contributed by atoms with E-state index in [-0.39, 0.29) is 0 Å².